The minimum absolute atomic E-state index is 0.0521. The molecular weight excluding hydrogens is 956 g/mol. The third-order valence-electron chi connectivity index (χ3n) is 15.2. The van der Waals surface area contributed by atoms with Gasteiger partial charge in [0, 0.05) is 41.7 Å². The predicted molar refractivity (Wildman–Crippen MR) is 269 cm³/mol. The number of carbonyl (C=O) groups is 4. The summed E-state index contributed by atoms with van der Waals surface area (Å²) in [4.78, 5) is 78.8. The van der Waals surface area contributed by atoms with E-state index in [1.807, 2.05) is 67.6 Å². The third kappa shape index (κ3) is 9.21. The van der Waals surface area contributed by atoms with Gasteiger partial charge in [-0.1, -0.05) is 19.9 Å². The van der Waals surface area contributed by atoms with Gasteiger partial charge in [0.05, 0.1) is 89.0 Å². The number of H-pyrrole nitrogens is 2. The van der Waals surface area contributed by atoms with Gasteiger partial charge in [-0.3, -0.25) is 14.2 Å². The Balaban J connectivity index is 0.893. The average Bonchev–Trinajstić information content (AvgIpc) is 4.10. The lowest BCUT2D eigenvalue weighted by Crippen LogP contribution is -2.54. The van der Waals surface area contributed by atoms with Gasteiger partial charge in [-0.2, -0.15) is 0 Å². The molecular formula is C53H61FN10O8S. The van der Waals surface area contributed by atoms with Gasteiger partial charge in [-0.05, 0) is 107 Å². The number of halogens is 1. The lowest BCUT2D eigenvalue weighted by atomic mass is 9.85. The highest BCUT2D eigenvalue weighted by atomic mass is 32.1. The number of rotatable bonds is 12. The van der Waals surface area contributed by atoms with E-state index >= 15 is 4.39 Å². The lowest BCUT2D eigenvalue weighted by molar-refractivity contribution is -0.138. The zero-order valence-electron chi connectivity index (χ0n) is 41.8. The van der Waals surface area contributed by atoms with Crippen LogP contribution >= 0.6 is 11.3 Å². The Bertz CT molecular complexity index is 3080. The molecule has 384 valence electrons. The molecule has 4 fully saturated rings. The number of fused-ring (bicyclic) bond motifs is 5. The molecule has 0 spiro atoms. The fourth-order valence-electron chi connectivity index (χ4n) is 11.5. The van der Waals surface area contributed by atoms with Gasteiger partial charge in [0.25, 0.3) is 0 Å². The first-order valence-corrected chi connectivity index (χ1v) is 26.3. The molecule has 73 heavy (non-hydrogen) atoms. The molecule has 20 heteroatoms. The second-order valence-corrected chi connectivity index (χ2v) is 21.6. The minimum atomic E-state index is -0.775. The zero-order valence-corrected chi connectivity index (χ0v) is 42.6. The number of aromatic amines is 2. The normalized spacial score (nSPS) is 23.5. The zero-order chi connectivity index (χ0) is 50.8. The average molecular weight is 1020 g/mol. The second-order valence-electron chi connectivity index (χ2n) is 20.6. The molecule has 4 aliphatic heterocycles. The number of likely N-dealkylation sites (tertiary alicyclic amines) is 2. The van der Waals surface area contributed by atoms with Crippen molar-refractivity contribution in [3.8, 4) is 39.5 Å². The molecule has 3 saturated heterocycles. The first-order chi connectivity index (χ1) is 35.3. The number of ether oxygens (including phenoxy) is 4. The van der Waals surface area contributed by atoms with Crippen LogP contribution in [-0.2, 0) is 23.8 Å². The Hall–Kier alpha value is -6.80. The van der Waals surface area contributed by atoms with Gasteiger partial charge in [0.15, 0.2) is 0 Å². The highest BCUT2D eigenvalue weighted by molar-refractivity contribution is 7.11. The molecule has 18 nitrogen and oxygen atoms in total. The summed E-state index contributed by atoms with van der Waals surface area (Å²) in [5.74, 6) is 0.889. The van der Waals surface area contributed by atoms with E-state index in [2.05, 4.69) is 26.7 Å². The molecule has 8 heterocycles. The monoisotopic (exact) mass is 1020 g/mol. The molecule has 2 aromatic carbocycles. The molecule has 2 unspecified atom stereocenters. The van der Waals surface area contributed by atoms with Crippen molar-refractivity contribution in [2.45, 2.75) is 128 Å². The summed E-state index contributed by atoms with van der Waals surface area (Å²) < 4.78 is 41.7. The quantitative estimate of drug-likeness (QED) is 0.0908. The van der Waals surface area contributed by atoms with Gasteiger partial charge in [0.2, 0.25) is 18.0 Å². The van der Waals surface area contributed by atoms with Gasteiger partial charge < -0.3 is 49.3 Å². The fraction of sp³-hybridized carbons (Fsp3) is 0.491. The van der Waals surface area contributed by atoms with Crippen molar-refractivity contribution < 1.29 is 42.5 Å². The van der Waals surface area contributed by atoms with E-state index < -0.39 is 36.3 Å². The molecule has 4 N–H and O–H groups in total. The van der Waals surface area contributed by atoms with Crippen molar-refractivity contribution in [1.82, 2.24) is 49.9 Å². The van der Waals surface area contributed by atoms with Crippen LogP contribution in [0.4, 0.5) is 14.0 Å². The Kier molecular flexibility index (Phi) is 13.0. The summed E-state index contributed by atoms with van der Waals surface area (Å²) in [7, 11) is 2.57. The first kappa shape index (κ1) is 48.5. The molecule has 0 radical (unpaired) electrons. The summed E-state index contributed by atoms with van der Waals surface area (Å²) in [6.07, 6.45) is 9.66. The van der Waals surface area contributed by atoms with Crippen LogP contribution in [0.1, 0.15) is 125 Å². The van der Waals surface area contributed by atoms with Crippen LogP contribution in [0.3, 0.4) is 0 Å². The minimum Gasteiger partial charge on any atom is -0.464 e. The maximum atomic E-state index is 17.0. The lowest BCUT2D eigenvalue weighted by Gasteiger charge is -2.38. The van der Waals surface area contributed by atoms with Crippen molar-refractivity contribution in [3.63, 3.8) is 0 Å². The van der Waals surface area contributed by atoms with Gasteiger partial charge in [-0.15, -0.1) is 11.3 Å². The fourth-order valence-corrected chi connectivity index (χ4v) is 12.6. The summed E-state index contributed by atoms with van der Waals surface area (Å²) in [6, 6.07) is 9.18. The maximum Gasteiger partial charge on any atom is 0.407 e. The Labute approximate surface area is 425 Å². The predicted octanol–water partition coefficient (Wildman–Crippen LogP) is 9.14. The van der Waals surface area contributed by atoms with E-state index in [-0.39, 0.29) is 47.9 Å². The Morgan fingerprint density at radius 1 is 0.795 bits per heavy atom. The van der Waals surface area contributed by atoms with Crippen molar-refractivity contribution in [1.29, 1.82) is 0 Å². The van der Waals surface area contributed by atoms with Crippen LogP contribution in [0.25, 0.3) is 44.7 Å². The molecule has 1 saturated carbocycles. The van der Waals surface area contributed by atoms with Crippen molar-refractivity contribution in [3.05, 3.63) is 82.3 Å². The van der Waals surface area contributed by atoms with E-state index in [0.29, 0.717) is 84.6 Å². The molecule has 4 aromatic heterocycles. The number of imidazole rings is 2. The third-order valence-corrected chi connectivity index (χ3v) is 16.4. The van der Waals surface area contributed by atoms with Crippen molar-refractivity contribution in [2.75, 3.05) is 27.3 Å². The van der Waals surface area contributed by atoms with Gasteiger partial charge >= 0.3 is 12.2 Å². The SMILES string of the molecule is COC(=O)NC(C(=O)N1CCC[C@H]1c1ncc(-c2ccc3c(c2)cc2n3C(c3cnc(C4CC4)s3)Oc3cc(-c4cnc([C@@H]5CCCN5C(=O)[C@@H](NC(=O)OC)C(C)C)[nH]4)cc(F)c3-2)[nH]1)C1C[C@@H](C)O[C@H](C)C1. The Morgan fingerprint density at radius 2 is 1.44 bits per heavy atom. The van der Waals surface area contributed by atoms with Crippen LogP contribution < -0.4 is 15.4 Å². The smallest absolute Gasteiger partial charge is 0.407 e. The van der Waals surface area contributed by atoms with Crippen molar-refractivity contribution in [2.24, 2.45) is 11.8 Å². The van der Waals surface area contributed by atoms with Crippen LogP contribution in [0, 0.1) is 17.7 Å². The largest absolute Gasteiger partial charge is 0.464 e. The molecule has 11 rings (SSSR count). The number of nitrogens with one attached hydrogen (secondary N) is 4. The molecule has 4 amide bonds. The number of hydrogen-bond donors (Lipinski definition) is 4. The number of alkyl carbamates (subject to hydrolysis) is 2. The summed E-state index contributed by atoms with van der Waals surface area (Å²) in [6.45, 7) is 8.76. The molecule has 7 atom stereocenters. The van der Waals surface area contributed by atoms with E-state index in [1.54, 1.807) is 28.6 Å². The number of methoxy groups -OCH3 is 2. The van der Waals surface area contributed by atoms with Gasteiger partial charge in [0.1, 0.15) is 35.3 Å². The topological polar surface area (TPSA) is 211 Å². The van der Waals surface area contributed by atoms with E-state index in [1.165, 1.54) is 20.3 Å². The molecule has 0 bridgehead atoms. The number of nitrogens with zero attached hydrogens (tertiary/aromatic N) is 6. The molecule has 1 aliphatic carbocycles. The maximum absolute atomic E-state index is 17.0. The summed E-state index contributed by atoms with van der Waals surface area (Å²) in [5, 5.41) is 7.48. The number of hydrogen-bond acceptors (Lipinski definition) is 12. The highest BCUT2D eigenvalue weighted by Crippen LogP contribution is 2.50. The second kappa shape index (κ2) is 19.6. The highest BCUT2D eigenvalue weighted by Gasteiger charge is 2.43. The number of amides is 4. The molecule has 6 aromatic rings. The summed E-state index contributed by atoms with van der Waals surface area (Å²) in [5.41, 5.74) is 4.56. The first-order valence-electron chi connectivity index (χ1n) is 25.4. The molecule has 5 aliphatic rings. The number of carbonyl (C=O) groups excluding carboxylic acids is 4. The van der Waals surface area contributed by atoms with E-state index in [4.69, 9.17) is 33.9 Å². The number of aromatic nitrogens is 6. The van der Waals surface area contributed by atoms with E-state index in [9.17, 15) is 19.2 Å². The van der Waals surface area contributed by atoms with Crippen LogP contribution in [0.5, 0.6) is 5.75 Å². The van der Waals surface area contributed by atoms with E-state index in [0.717, 1.165) is 57.7 Å². The van der Waals surface area contributed by atoms with Crippen molar-refractivity contribution >= 4 is 46.2 Å². The van der Waals surface area contributed by atoms with Crippen LogP contribution in [0.2, 0.25) is 0 Å². The standard InChI is InChI=1S/C53H61FN10O8S/c1-26(2)44(60-52(67)69-5)49(65)62-15-7-9-38(62)47-56-24-36(59-47)31-20-34(54)43-40-21-32-19-30(13-14-37(32)64(40)51(72-41(43)22-31)42-25-57-48(73-42)29-11-12-29)35-23-55-46(58-35)39-10-8-16-63(39)50(66)45(61-53(68)70-6)33-17-27(3)71-28(4)18-33/h13-14,19-29,33,38-39,44-45,51H,7-12,15-18H2,1-6H3,(H,55,58)(H,56,59)(H,60,67)(H,61,68)/t27-,28-,38+,39+,44+,45?,51?/m1/s1. The van der Waals surface area contributed by atoms with Crippen LogP contribution in [0.15, 0.2) is 55.0 Å². The van der Waals surface area contributed by atoms with Crippen LogP contribution in [-0.4, -0.2) is 115 Å². The van der Waals surface area contributed by atoms with Gasteiger partial charge in [-0.25, -0.2) is 28.9 Å². The number of thiazole rings is 1. The number of benzene rings is 2. The Morgan fingerprint density at radius 3 is 2.08 bits per heavy atom. The summed E-state index contributed by atoms with van der Waals surface area (Å²) >= 11 is 1.62.